The number of benzene rings is 3. The number of hydrogen-bond acceptors (Lipinski definition) is 3. The topological polar surface area (TPSA) is 50.5 Å². The van der Waals surface area contributed by atoms with Crippen molar-refractivity contribution in [3.63, 3.8) is 0 Å². The van der Waals surface area contributed by atoms with Gasteiger partial charge in [-0.3, -0.25) is 9.59 Å². The summed E-state index contributed by atoms with van der Waals surface area (Å²) in [5.41, 5.74) is 2.92. The van der Waals surface area contributed by atoms with E-state index in [-0.39, 0.29) is 33.6 Å². The standard InChI is InChI=1S/C25H18FNO3/c1-15-7-9-17(10-8-15)22-21-23(28)19-13-18(26)11-12-20(19)30-24(21)25(29)27(22)14-16-5-3-2-4-6-16/h2-13,22H,14H2,1H3/t22-/m1/s1. The Morgan fingerprint density at radius 2 is 1.70 bits per heavy atom. The molecule has 4 aromatic rings. The van der Waals surface area contributed by atoms with Gasteiger partial charge in [0, 0.05) is 6.54 Å². The van der Waals surface area contributed by atoms with E-state index in [1.165, 1.54) is 12.1 Å². The van der Waals surface area contributed by atoms with Gasteiger partial charge in [0.2, 0.25) is 5.76 Å². The van der Waals surface area contributed by atoms with Crippen molar-refractivity contribution in [2.45, 2.75) is 19.5 Å². The van der Waals surface area contributed by atoms with E-state index in [0.717, 1.165) is 22.8 Å². The fraction of sp³-hybridized carbons (Fsp3) is 0.120. The van der Waals surface area contributed by atoms with Crippen LogP contribution in [0.4, 0.5) is 4.39 Å². The number of hydrogen-bond donors (Lipinski definition) is 0. The highest BCUT2D eigenvalue weighted by molar-refractivity contribution is 5.99. The molecule has 4 nitrogen and oxygen atoms in total. The van der Waals surface area contributed by atoms with Crippen molar-refractivity contribution in [1.82, 2.24) is 4.90 Å². The molecule has 0 fully saturated rings. The number of carbonyl (C=O) groups is 1. The van der Waals surface area contributed by atoms with Crippen LogP contribution in [-0.2, 0) is 6.54 Å². The quantitative estimate of drug-likeness (QED) is 0.488. The molecule has 0 bridgehead atoms. The molecule has 3 aromatic carbocycles. The van der Waals surface area contributed by atoms with E-state index in [9.17, 15) is 14.0 Å². The van der Waals surface area contributed by atoms with Crippen molar-refractivity contribution in [3.05, 3.63) is 117 Å². The highest BCUT2D eigenvalue weighted by atomic mass is 19.1. The molecule has 2 heterocycles. The molecule has 1 aliphatic heterocycles. The Bertz CT molecular complexity index is 1330. The van der Waals surface area contributed by atoms with Gasteiger partial charge in [0.15, 0.2) is 5.43 Å². The largest absolute Gasteiger partial charge is 0.450 e. The maximum Gasteiger partial charge on any atom is 0.291 e. The second-order valence-corrected chi connectivity index (χ2v) is 7.55. The summed E-state index contributed by atoms with van der Waals surface area (Å²) in [6.07, 6.45) is 0. The van der Waals surface area contributed by atoms with Crippen LogP contribution in [0.3, 0.4) is 0 Å². The maximum absolute atomic E-state index is 13.8. The molecule has 5 rings (SSSR count). The van der Waals surface area contributed by atoms with Crippen molar-refractivity contribution in [2.24, 2.45) is 0 Å². The molecule has 0 radical (unpaired) electrons. The number of fused-ring (bicyclic) bond motifs is 2. The number of amides is 1. The van der Waals surface area contributed by atoms with Gasteiger partial charge in [-0.05, 0) is 36.2 Å². The molecule has 0 spiro atoms. The van der Waals surface area contributed by atoms with Gasteiger partial charge in [-0.2, -0.15) is 0 Å². The van der Waals surface area contributed by atoms with Crippen molar-refractivity contribution in [3.8, 4) is 0 Å². The molecular weight excluding hydrogens is 381 g/mol. The first-order valence-electron chi connectivity index (χ1n) is 9.70. The number of rotatable bonds is 3. The Kier molecular flexibility index (Phi) is 4.24. The van der Waals surface area contributed by atoms with Crippen molar-refractivity contribution < 1.29 is 13.6 Å². The molecular formula is C25H18FNO3. The number of aryl methyl sites for hydroxylation is 1. The van der Waals surface area contributed by atoms with Crippen LogP contribution < -0.4 is 5.43 Å². The lowest BCUT2D eigenvalue weighted by molar-refractivity contribution is 0.0714. The SMILES string of the molecule is Cc1ccc([C@@H]2c3c(oc4ccc(F)cc4c3=O)C(=O)N2Cc2ccccc2)cc1. The number of nitrogens with zero attached hydrogens (tertiary/aromatic N) is 1. The minimum atomic E-state index is -0.600. The van der Waals surface area contributed by atoms with Gasteiger partial charge in [-0.25, -0.2) is 4.39 Å². The molecule has 0 N–H and O–H groups in total. The molecule has 30 heavy (non-hydrogen) atoms. The van der Waals surface area contributed by atoms with Crippen LogP contribution in [0.25, 0.3) is 11.0 Å². The Hall–Kier alpha value is -3.73. The van der Waals surface area contributed by atoms with Crippen molar-refractivity contribution in [1.29, 1.82) is 0 Å². The summed E-state index contributed by atoms with van der Waals surface area (Å²) in [7, 11) is 0. The zero-order valence-corrected chi connectivity index (χ0v) is 16.3. The molecule has 1 aliphatic rings. The van der Waals surface area contributed by atoms with Crippen molar-refractivity contribution >= 4 is 16.9 Å². The van der Waals surface area contributed by atoms with E-state index >= 15 is 0 Å². The Balaban J connectivity index is 1.74. The van der Waals surface area contributed by atoms with E-state index in [1.54, 1.807) is 4.90 Å². The van der Waals surface area contributed by atoms with Gasteiger partial charge < -0.3 is 9.32 Å². The minimum absolute atomic E-state index is 0.0283. The molecule has 0 saturated heterocycles. The summed E-state index contributed by atoms with van der Waals surface area (Å²) >= 11 is 0. The normalized spacial score (nSPS) is 15.6. The van der Waals surface area contributed by atoms with Crippen LogP contribution in [0.2, 0.25) is 0 Å². The van der Waals surface area contributed by atoms with Gasteiger partial charge in [-0.1, -0.05) is 60.2 Å². The summed E-state index contributed by atoms with van der Waals surface area (Å²) in [6.45, 7) is 2.30. The lowest BCUT2D eigenvalue weighted by atomic mass is 9.97. The third-order valence-electron chi connectivity index (χ3n) is 5.52. The highest BCUT2D eigenvalue weighted by Crippen LogP contribution is 2.39. The van der Waals surface area contributed by atoms with Crippen LogP contribution in [-0.4, -0.2) is 10.8 Å². The Morgan fingerprint density at radius 1 is 0.967 bits per heavy atom. The zero-order valence-electron chi connectivity index (χ0n) is 16.3. The minimum Gasteiger partial charge on any atom is -0.450 e. The van der Waals surface area contributed by atoms with E-state index in [0.29, 0.717) is 6.54 Å². The first-order valence-corrected chi connectivity index (χ1v) is 9.70. The summed E-state index contributed by atoms with van der Waals surface area (Å²) in [4.78, 5) is 28.3. The molecule has 1 atom stereocenters. The fourth-order valence-corrected chi connectivity index (χ4v) is 4.03. The first-order chi connectivity index (χ1) is 14.5. The van der Waals surface area contributed by atoms with E-state index in [4.69, 9.17) is 4.42 Å². The fourth-order valence-electron chi connectivity index (χ4n) is 4.03. The average molecular weight is 399 g/mol. The smallest absolute Gasteiger partial charge is 0.291 e. The first kappa shape index (κ1) is 18.3. The Labute approximate surface area is 172 Å². The molecule has 1 aromatic heterocycles. The molecule has 0 aliphatic carbocycles. The van der Waals surface area contributed by atoms with E-state index in [2.05, 4.69) is 0 Å². The molecule has 1 amide bonds. The predicted molar refractivity (Wildman–Crippen MR) is 112 cm³/mol. The monoisotopic (exact) mass is 399 g/mol. The average Bonchev–Trinajstić information content (AvgIpc) is 3.02. The van der Waals surface area contributed by atoms with Crippen molar-refractivity contribution in [2.75, 3.05) is 0 Å². The van der Waals surface area contributed by atoms with Crippen LogP contribution in [0, 0.1) is 12.7 Å². The van der Waals surface area contributed by atoms with Gasteiger partial charge in [0.1, 0.15) is 11.4 Å². The summed E-state index contributed by atoms with van der Waals surface area (Å²) in [6, 6.07) is 20.5. The third kappa shape index (κ3) is 2.90. The molecule has 0 unspecified atom stereocenters. The van der Waals surface area contributed by atoms with Gasteiger partial charge >= 0.3 is 0 Å². The number of halogens is 1. The predicted octanol–water partition coefficient (Wildman–Crippen LogP) is 4.99. The van der Waals surface area contributed by atoms with E-state index < -0.39 is 11.9 Å². The van der Waals surface area contributed by atoms with Crippen LogP contribution in [0.15, 0.2) is 82.0 Å². The second-order valence-electron chi connectivity index (χ2n) is 7.55. The number of carbonyl (C=O) groups excluding carboxylic acids is 1. The summed E-state index contributed by atoms with van der Waals surface area (Å²) in [5, 5.41) is 0.139. The lowest BCUT2D eigenvalue weighted by Gasteiger charge is -2.25. The lowest BCUT2D eigenvalue weighted by Crippen LogP contribution is -2.29. The van der Waals surface area contributed by atoms with Gasteiger partial charge in [0.05, 0.1) is 17.0 Å². The van der Waals surface area contributed by atoms with E-state index in [1.807, 2.05) is 61.5 Å². The maximum atomic E-state index is 13.8. The zero-order chi connectivity index (χ0) is 20.8. The van der Waals surface area contributed by atoms with Crippen LogP contribution in [0.5, 0.6) is 0 Å². The van der Waals surface area contributed by atoms with Gasteiger partial charge in [0.25, 0.3) is 5.91 Å². The van der Waals surface area contributed by atoms with Crippen LogP contribution >= 0.6 is 0 Å². The Morgan fingerprint density at radius 3 is 2.43 bits per heavy atom. The van der Waals surface area contributed by atoms with Gasteiger partial charge in [-0.15, -0.1) is 0 Å². The second kappa shape index (κ2) is 6.95. The van der Waals surface area contributed by atoms with Crippen LogP contribution in [0.1, 0.15) is 38.9 Å². The molecule has 5 heteroatoms. The highest BCUT2D eigenvalue weighted by Gasteiger charge is 2.42. The summed E-state index contributed by atoms with van der Waals surface area (Å²) in [5.74, 6) is -0.838. The molecule has 148 valence electrons. The third-order valence-corrected chi connectivity index (χ3v) is 5.52. The summed E-state index contributed by atoms with van der Waals surface area (Å²) < 4.78 is 19.7. The molecule has 0 saturated carbocycles.